The molecule has 0 radical (unpaired) electrons. The van der Waals surface area contributed by atoms with Crippen molar-refractivity contribution in [1.29, 1.82) is 0 Å². The second-order valence-electron chi connectivity index (χ2n) is 10.3. The highest BCUT2D eigenvalue weighted by Gasteiger charge is 2.42. The van der Waals surface area contributed by atoms with Gasteiger partial charge in [0.05, 0.1) is 13.7 Å². The highest BCUT2D eigenvalue weighted by atomic mass is 28.3. The van der Waals surface area contributed by atoms with Crippen molar-refractivity contribution < 1.29 is 9.50 Å². The van der Waals surface area contributed by atoms with Crippen LogP contribution in [-0.4, -0.2) is 13.2 Å². The van der Waals surface area contributed by atoms with Gasteiger partial charge in [-0.3, -0.25) is 0 Å². The Bertz CT molecular complexity index is 803. The molecule has 2 aliphatic rings. The zero-order valence-electron chi connectivity index (χ0n) is 19.2. The van der Waals surface area contributed by atoms with E-state index in [1.807, 2.05) is 0 Å². The van der Waals surface area contributed by atoms with E-state index in [9.17, 15) is 9.50 Å². The maximum Gasteiger partial charge on any atom is 0.123 e. The Morgan fingerprint density at radius 3 is 2.10 bits per heavy atom. The van der Waals surface area contributed by atoms with Crippen molar-refractivity contribution in [2.24, 2.45) is 11.8 Å². The summed E-state index contributed by atoms with van der Waals surface area (Å²) in [6.07, 6.45) is 10.7. The molecule has 1 aliphatic heterocycles. The van der Waals surface area contributed by atoms with Gasteiger partial charge in [0.2, 0.25) is 0 Å². The number of rotatable bonds is 7. The zero-order valence-corrected chi connectivity index (χ0v) is 20.2. The molecule has 0 atom stereocenters. The van der Waals surface area contributed by atoms with E-state index >= 15 is 0 Å². The summed E-state index contributed by atoms with van der Waals surface area (Å²) in [6.45, 7) is 2.31. The van der Waals surface area contributed by atoms with E-state index < -0.39 is 13.7 Å². The van der Waals surface area contributed by atoms with Crippen LogP contribution in [0.1, 0.15) is 70.3 Å². The normalized spacial score (nSPS) is 31.5. The van der Waals surface area contributed by atoms with E-state index in [1.165, 1.54) is 62.4 Å². The molecule has 0 bridgehead atoms. The fraction of sp³-hybridized carbons (Fsp3) is 0.571. The second-order valence-corrected chi connectivity index (χ2v) is 15.0. The van der Waals surface area contributed by atoms with Crippen molar-refractivity contribution in [2.45, 2.75) is 88.4 Å². The highest BCUT2D eigenvalue weighted by Crippen LogP contribution is 2.47. The predicted molar refractivity (Wildman–Crippen MR) is 131 cm³/mol. The smallest absolute Gasteiger partial charge is 0.123 e. The monoisotopic (exact) mass is 438 g/mol. The van der Waals surface area contributed by atoms with Crippen LogP contribution in [-0.2, 0) is 5.60 Å². The molecule has 1 nitrogen and oxygen atoms in total. The first kappa shape index (κ1) is 22.7. The molecule has 3 heteroatoms. The van der Waals surface area contributed by atoms with Gasteiger partial charge < -0.3 is 5.11 Å². The van der Waals surface area contributed by atoms with Crippen molar-refractivity contribution in [3.05, 3.63) is 66.0 Å². The van der Waals surface area contributed by atoms with Gasteiger partial charge in [0.1, 0.15) is 5.82 Å². The van der Waals surface area contributed by atoms with E-state index in [0.29, 0.717) is 0 Å². The van der Waals surface area contributed by atoms with Gasteiger partial charge in [0.15, 0.2) is 0 Å². The third-order valence-electron chi connectivity index (χ3n) is 8.54. The van der Waals surface area contributed by atoms with Gasteiger partial charge in [0, 0.05) is 0 Å². The second kappa shape index (κ2) is 10.00. The maximum absolute atomic E-state index is 13.3. The van der Waals surface area contributed by atoms with Crippen molar-refractivity contribution in [1.82, 2.24) is 0 Å². The van der Waals surface area contributed by atoms with Crippen molar-refractivity contribution >= 4 is 13.3 Å². The molecule has 0 spiro atoms. The highest BCUT2D eigenvalue weighted by molar-refractivity contribution is 6.92. The summed E-state index contributed by atoms with van der Waals surface area (Å²) in [6, 6.07) is 22.3. The molecular weight excluding hydrogens is 399 g/mol. The average Bonchev–Trinajstić information content (AvgIpc) is 2.81. The zero-order chi connectivity index (χ0) is 21.7. The van der Waals surface area contributed by atoms with Crippen LogP contribution in [0, 0.1) is 17.7 Å². The Labute approximate surface area is 189 Å². The average molecular weight is 439 g/mol. The SMILES string of the molecule is CCCCC[Si]1(c2ccccc2)CCC(C2CCC(O)(c3ccc(F)cc3)CC2)CC1. The third kappa shape index (κ3) is 5.14. The van der Waals surface area contributed by atoms with Crippen LogP contribution < -0.4 is 5.19 Å². The van der Waals surface area contributed by atoms with E-state index in [4.69, 9.17) is 0 Å². The number of hydrogen-bond acceptors (Lipinski definition) is 1. The Hall–Kier alpha value is -1.45. The van der Waals surface area contributed by atoms with E-state index in [-0.39, 0.29) is 5.82 Å². The maximum atomic E-state index is 13.3. The molecule has 0 unspecified atom stereocenters. The Morgan fingerprint density at radius 2 is 1.48 bits per heavy atom. The lowest BCUT2D eigenvalue weighted by Crippen LogP contribution is -2.50. The Balaban J connectivity index is 1.37. The fourth-order valence-corrected chi connectivity index (χ4v) is 11.8. The number of hydrogen-bond donors (Lipinski definition) is 1. The first-order chi connectivity index (χ1) is 15.0. The third-order valence-corrected chi connectivity index (χ3v) is 13.9. The first-order valence-corrected chi connectivity index (χ1v) is 15.2. The van der Waals surface area contributed by atoms with Crippen LogP contribution in [0.2, 0.25) is 18.1 Å². The number of benzene rings is 2. The molecule has 1 aliphatic carbocycles. The lowest BCUT2D eigenvalue weighted by Gasteiger charge is -2.44. The van der Waals surface area contributed by atoms with Gasteiger partial charge in [-0.25, -0.2) is 4.39 Å². The van der Waals surface area contributed by atoms with Gasteiger partial charge in [-0.1, -0.05) is 105 Å². The van der Waals surface area contributed by atoms with Crippen LogP contribution in [0.5, 0.6) is 0 Å². The molecular formula is C28H39FOSi. The number of aliphatic hydroxyl groups is 1. The molecule has 31 heavy (non-hydrogen) atoms. The molecule has 2 aromatic rings. The summed E-state index contributed by atoms with van der Waals surface area (Å²) < 4.78 is 13.3. The predicted octanol–water partition coefficient (Wildman–Crippen LogP) is 7.16. The summed E-state index contributed by atoms with van der Waals surface area (Å²) in [4.78, 5) is 0. The van der Waals surface area contributed by atoms with Crippen LogP contribution >= 0.6 is 0 Å². The topological polar surface area (TPSA) is 20.2 Å². The molecule has 1 saturated carbocycles. The summed E-state index contributed by atoms with van der Waals surface area (Å²) in [5.74, 6) is 1.35. The van der Waals surface area contributed by atoms with Crippen LogP contribution in [0.15, 0.2) is 54.6 Å². The Morgan fingerprint density at radius 1 is 0.871 bits per heavy atom. The number of unbranched alkanes of at least 4 members (excludes halogenated alkanes) is 2. The molecule has 4 rings (SSSR count). The molecule has 168 valence electrons. The van der Waals surface area contributed by atoms with Crippen LogP contribution in [0.4, 0.5) is 4.39 Å². The molecule has 1 heterocycles. The van der Waals surface area contributed by atoms with E-state index in [0.717, 1.165) is 43.1 Å². The number of halogens is 1. The summed E-state index contributed by atoms with van der Waals surface area (Å²) in [5, 5.41) is 12.9. The molecule has 1 saturated heterocycles. The van der Waals surface area contributed by atoms with Gasteiger partial charge in [-0.05, 0) is 55.2 Å². The Kier molecular flexibility index (Phi) is 7.33. The molecule has 1 N–H and O–H groups in total. The molecule has 2 aromatic carbocycles. The van der Waals surface area contributed by atoms with Gasteiger partial charge in [-0.15, -0.1) is 0 Å². The minimum atomic E-state index is -1.37. The molecule has 0 aromatic heterocycles. The molecule has 2 fully saturated rings. The summed E-state index contributed by atoms with van der Waals surface area (Å²) in [7, 11) is -1.37. The van der Waals surface area contributed by atoms with Gasteiger partial charge >= 0.3 is 0 Å². The minimum absolute atomic E-state index is 0.228. The fourth-order valence-electron chi connectivity index (χ4n) is 6.49. The standard InChI is InChI=1S/C28H39FOSi/c1-2-3-7-20-31(27-8-5-4-6-9-27)21-16-24(17-22-31)23-14-18-28(30,19-15-23)25-10-12-26(29)13-11-25/h4-6,8-13,23-24,30H,2-3,7,14-22H2,1H3. The van der Waals surface area contributed by atoms with Crippen LogP contribution in [0.25, 0.3) is 0 Å². The lowest BCUT2D eigenvalue weighted by atomic mass is 9.70. The lowest BCUT2D eigenvalue weighted by molar-refractivity contribution is -0.0231. The van der Waals surface area contributed by atoms with Crippen LogP contribution in [0.3, 0.4) is 0 Å². The molecule has 0 amide bonds. The van der Waals surface area contributed by atoms with Crippen molar-refractivity contribution in [3.63, 3.8) is 0 Å². The van der Waals surface area contributed by atoms with Crippen molar-refractivity contribution in [3.8, 4) is 0 Å². The summed E-state index contributed by atoms with van der Waals surface area (Å²) in [5.41, 5.74) is 0.129. The minimum Gasteiger partial charge on any atom is -0.385 e. The van der Waals surface area contributed by atoms with Gasteiger partial charge in [-0.2, -0.15) is 0 Å². The quantitative estimate of drug-likeness (QED) is 0.359. The largest absolute Gasteiger partial charge is 0.385 e. The summed E-state index contributed by atoms with van der Waals surface area (Å²) >= 11 is 0. The first-order valence-electron chi connectivity index (χ1n) is 12.6. The van der Waals surface area contributed by atoms with Crippen molar-refractivity contribution in [2.75, 3.05) is 0 Å². The van der Waals surface area contributed by atoms with E-state index in [2.05, 4.69) is 37.3 Å². The van der Waals surface area contributed by atoms with E-state index in [1.54, 1.807) is 17.3 Å². The van der Waals surface area contributed by atoms with Gasteiger partial charge in [0.25, 0.3) is 0 Å².